The van der Waals surface area contributed by atoms with Crippen LogP contribution in [0.5, 0.6) is 11.5 Å². The number of rotatable bonds is 5. The van der Waals surface area contributed by atoms with Crippen molar-refractivity contribution in [3.8, 4) is 11.5 Å². The fourth-order valence-electron chi connectivity index (χ4n) is 2.19. The maximum atomic E-state index is 5.64. The molecule has 6 nitrogen and oxygen atoms in total. The van der Waals surface area contributed by atoms with E-state index in [2.05, 4.69) is 9.88 Å². The molecule has 2 N–H and O–H groups in total. The lowest BCUT2D eigenvalue weighted by molar-refractivity contribution is 0.00317. The predicted molar refractivity (Wildman–Crippen MR) is 79.1 cm³/mol. The Hall–Kier alpha value is -1.44. The van der Waals surface area contributed by atoms with Crippen molar-refractivity contribution in [2.24, 2.45) is 5.73 Å². The summed E-state index contributed by atoms with van der Waals surface area (Å²) in [5.41, 5.74) is 6.47. The van der Waals surface area contributed by atoms with Crippen LogP contribution in [-0.2, 0) is 11.3 Å². The van der Waals surface area contributed by atoms with E-state index in [0.717, 1.165) is 12.2 Å². The quantitative estimate of drug-likeness (QED) is 0.797. The first kappa shape index (κ1) is 15.0. The van der Waals surface area contributed by atoms with E-state index >= 15 is 0 Å². The fourth-order valence-corrected chi connectivity index (χ4v) is 2.34. The summed E-state index contributed by atoms with van der Waals surface area (Å²) in [6, 6.07) is 1.78. The van der Waals surface area contributed by atoms with Crippen LogP contribution in [-0.4, -0.2) is 54.9 Å². The van der Waals surface area contributed by atoms with Crippen molar-refractivity contribution in [3.05, 3.63) is 18.0 Å². The summed E-state index contributed by atoms with van der Waals surface area (Å²) in [6.07, 6.45) is 1.51. The highest BCUT2D eigenvalue weighted by Crippen LogP contribution is 2.30. The van der Waals surface area contributed by atoms with E-state index in [1.807, 2.05) is 0 Å². The molecule has 20 heavy (non-hydrogen) atoms. The Bertz CT molecular complexity index is 484. The molecule has 1 aliphatic heterocycles. The molecule has 1 saturated heterocycles. The van der Waals surface area contributed by atoms with Gasteiger partial charge in [0, 0.05) is 31.9 Å². The Balaban J connectivity index is 2.11. The zero-order valence-electron chi connectivity index (χ0n) is 11.7. The number of hydrogen-bond donors (Lipinski definition) is 1. The number of ether oxygens (including phenoxy) is 3. The molecule has 0 spiro atoms. The molecule has 110 valence electrons. The van der Waals surface area contributed by atoms with Gasteiger partial charge in [-0.1, -0.05) is 12.2 Å². The number of nitrogens with zero attached hydrogens (tertiary/aromatic N) is 2. The van der Waals surface area contributed by atoms with Crippen LogP contribution in [0.2, 0.25) is 0 Å². The monoisotopic (exact) mass is 297 g/mol. The molecule has 1 fully saturated rings. The van der Waals surface area contributed by atoms with Gasteiger partial charge in [0.15, 0.2) is 11.5 Å². The molecule has 1 atom stereocenters. The van der Waals surface area contributed by atoms with Crippen LogP contribution in [0.1, 0.15) is 5.69 Å². The minimum Gasteiger partial charge on any atom is -0.493 e. The number of thiocarbonyl (C=S) groups is 1. The van der Waals surface area contributed by atoms with Gasteiger partial charge >= 0.3 is 0 Å². The molecular weight excluding hydrogens is 278 g/mol. The number of pyridine rings is 1. The summed E-state index contributed by atoms with van der Waals surface area (Å²) < 4.78 is 16.2. The molecule has 0 aliphatic carbocycles. The summed E-state index contributed by atoms with van der Waals surface area (Å²) in [5.74, 6) is 1.34. The van der Waals surface area contributed by atoms with Gasteiger partial charge in [-0.15, -0.1) is 0 Å². The van der Waals surface area contributed by atoms with Gasteiger partial charge in [-0.05, 0) is 0 Å². The lowest BCUT2D eigenvalue weighted by Crippen LogP contribution is -2.47. The first-order valence-corrected chi connectivity index (χ1v) is 6.75. The Labute approximate surface area is 123 Å². The smallest absolute Gasteiger partial charge is 0.183 e. The Morgan fingerprint density at radius 2 is 2.35 bits per heavy atom. The zero-order chi connectivity index (χ0) is 14.5. The van der Waals surface area contributed by atoms with Crippen molar-refractivity contribution in [2.75, 3.05) is 33.9 Å². The van der Waals surface area contributed by atoms with Crippen LogP contribution in [0.25, 0.3) is 0 Å². The van der Waals surface area contributed by atoms with Gasteiger partial charge in [0.2, 0.25) is 0 Å². The van der Waals surface area contributed by atoms with Crippen LogP contribution in [0.4, 0.5) is 0 Å². The summed E-state index contributed by atoms with van der Waals surface area (Å²) in [7, 11) is 3.22. The van der Waals surface area contributed by atoms with Crippen LogP contribution in [0.3, 0.4) is 0 Å². The van der Waals surface area contributed by atoms with Crippen molar-refractivity contribution in [2.45, 2.75) is 12.6 Å². The highest BCUT2D eigenvalue weighted by atomic mass is 32.1. The van der Waals surface area contributed by atoms with E-state index in [1.165, 1.54) is 0 Å². The van der Waals surface area contributed by atoms with Crippen molar-refractivity contribution >= 4 is 17.2 Å². The van der Waals surface area contributed by atoms with Gasteiger partial charge in [0.05, 0.1) is 20.8 Å². The summed E-state index contributed by atoms with van der Waals surface area (Å²) >= 11 is 4.99. The molecule has 0 bridgehead atoms. The predicted octanol–water partition coefficient (Wildman–Crippen LogP) is 0.586. The number of morpholine rings is 1. The largest absolute Gasteiger partial charge is 0.493 e. The van der Waals surface area contributed by atoms with Gasteiger partial charge in [0.1, 0.15) is 16.8 Å². The highest BCUT2D eigenvalue weighted by Gasteiger charge is 2.24. The zero-order valence-corrected chi connectivity index (χ0v) is 12.5. The Morgan fingerprint density at radius 1 is 1.55 bits per heavy atom. The molecular formula is C13H19N3O3S. The molecule has 0 amide bonds. The topological polar surface area (TPSA) is 69.8 Å². The molecule has 1 aromatic heterocycles. The van der Waals surface area contributed by atoms with Crippen LogP contribution in [0.15, 0.2) is 12.3 Å². The average Bonchev–Trinajstić information content (AvgIpc) is 2.47. The number of aromatic nitrogens is 1. The van der Waals surface area contributed by atoms with Crippen molar-refractivity contribution in [3.63, 3.8) is 0 Å². The SMILES string of the molecule is COc1ccnc(CN2CCOC(C(N)=S)C2)c1OC. The van der Waals surface area contributed by atoms with Crippen molar-refractivity contribution in [1.82, 2.24) is 9.88 Å². The molecule has 1 aliphatic rings. The lowest BCUT2D eigenvalue weighted by atomic mass is 10.2. The standard InChI is InChI=1S/C13H19N3O3S/c1-17-10-3-4-15-9(12(10)18-2)7-16-5-6-19-11(8-16)13(14)20/h3-4,11H,5-8H2,1-2H3,(H2,14,20). The molecule has 0 saturated carbocycles. The van der Waals surface area contributed by atoms with E-state index in [-0.39, 0.29) is 6.10 Å². The summed E-state index contributed by atoms with van der Waals surface area (Å²) in [5, 5.41) is 0. The van der Waals surface area contributed by atoms with Gasteiger partial charge in [-0.2, -0.15) is 0 Å². The molecule has 0 radical (unpaired) electrons. The van der Waals surface area contributed by atoms with E-state index in [1.54, 1.807) is 26.5 Å². The minimum atomic E-state index is -0.199. The van der Waals surface area contributed by atoms with Gasteiger partial charge in [0.25, 0.3) is 0 Å². The van der Waals surface area contributed by atoms with Crippen LogP contribution in [0, 0.1) is 0 Å². The number of nitrogens with two attached hydrogens (primary N) is 1. The van der Waals surface area contributed by atoms with Gasteiger partial charge in [-0.3, -0.25) is 9.88 Å². The second kappa shape index (κ2) is 6.83. The van der Waals surface area contributed by atoms with Gasteiger partial charge in [-0.25, -0.2) is 0 Å². The van der Waals surface area contributed by atoms with E-state index in [0.29, 0.717) is 36.2 Å². The number of hydrogen-bond acceptors (Lipinski definition) is 6. The van der Waals surface area contributed by atoms with E-state index in [9.17, 15) is 0 Å². The fraction of sp³-hybridized carbons (Fsp3) is 0.538. The van der Waals surface area contributed by atoms with Crippen LogP contribution < -0.4 is 15.2 Å². The average molecular weight is 297 g/mol. The third kappa shape index (κ3) is 3.36. The van der Waals surface area contributed by atoms with E-state index in [4.69, 9.17) is 32.2 Å². The molecule has 2 heterocycles. The molecule has 7 heteroatoms. The van der Waals surface area contributed by atoms with Crippen molar-refractivity contribution < 1.29 is 14.2 Å². The molecule has 0 aromatic carbocycles. The first-order valence-electron chi connectivity index (χ1n) is 6.34. The second-order valence-electron chi connectivity index (χ2n) is 4.49. The van der Waals surface area contributed by atoms with Crippen LogP contribution >= 0.6 is 12.2 Å². The second-order valence-corrected chi connectivity index (χ2v) is 4.96. The molecule has 2 rings (SSSR count). The van der Waals surface area contributed by atoms with E-state index < -0.39 is 0 Å². The Kier molecular flexibility index (Phi) is 5.11. The molecule has 1 unspecified atom stereocenters. The third-order valence-electron chi connectivity index (χ3n) is 3.21. The lowest BCUT2D eigenvalue weighted by Gasteiger charge is -2.32. The Morgan fingerprint density at radius 3 is 3.00 bits per heavy atom. The summed E-state index contributed by atoms with van der Waals surface area (Å²) in [6.45, 7) is 2.72. The third-order valence-corrected chi connectivity index (χ3v) is 3.47. The molecule has 1 aromatic rings. The summed E-state index contributed by atoms with van der Waals surface area (Å²) in [4.78, 5) is 6.95. The highest BCUT2D eigenvalue weighted by molar-refractivity contribution is 7.80. The number of methoxy groups -OCH3 is 2. The minimum absolute atomic E-state index is 0.199. The van der Waals surface area contributed by atoms with Gasteiger partial charge < -0.3 is 19.9 Å². The maximum Gasteiger partial charge on any atom is 0.183 e. The maximum absolute atomic E-state index is 5.64. The normalized spacial score (nSPS) is 19.6. The first-order chi connectivity index (χ1) is 9.65. The van der Waals surface area contributed by atoms with Crippen molar-refractivity contribution in [1.29, 1.82) is 0 Å².